The Balaban J connectivity index is 1.72. The number of morpholine rings is 1. The highest BCUT2D eigenvalue weighted by Crippen LogP contribution is 2.22. The van der Waals surface area contributed by atoms with E-state index in [2.05, 4.69) is 10.2 Å². The Morgan fingerprint density at radius 2 is 1.89 bits per heavy atom. The third-order valence-corrected chi connectivity index (χ3v) is 4.61. The summed E-state index contributed by atoms with van der Waals surface area (Å²) < 4.78 is 37.4. The molecule has 1 unspecified atom stereocenters. The zero-order valence-corrected chi connectivity index (χ0v) is 15.1. The second kappa shape index (κ2) is 8.92. The first-order valence-electron chi connectivity index (χ1n) is 8.77. The summed E-state index contributed by atoms with van der Waals surface area (Å²) in [4.78, 5) is 14.6. The van der Waals surface area contributed by atoms with Crippen molar-refractivity contribution in [2.24, 2.45) is 0 Å². The lowest BCUT2D eigenvalue weighted by molar-refractivity contribution is 0.0162. The number of carbonyl (C=O) groups is 1. The summed E-state index contributed by atoms with van der Waals surface area (Å²) in [5, 5.41) is 2.85. The number of benzene rings is 2. The predicted octanol–water partition coefficient (Wildman–Crippen LogP) is 2.78. The van der Waals surface area contributed by atoms with E-state index in [1.807, 2.05) is 0 Å². The van der Waals surface area contributed by atoms with Crippen LogP contribution in [0.1, 0.15) is 22.0 Å². The molecule has 5 nitrogen and oxygen atoms in total. The van der Waals surface area contributed by atoms with Crippen LogP contribution in [0.25, 0.3) is 0 Å². The van der Waals surface area contributed by atoms with Gasteiger partial charge < -0.3 is 14.8 Å². The first-order chi connectivity index (χ1) is 13.1. The van der Waals surface area contributed by atoms with E-state index in [1.165, 1.54) is 31.4 Å². The smallest absolute Gasteiger partial charge is 0.251 e. The van der Waals surface area contributed by atoms with Gasteiger partial charge in [0.25, 0.3) is 5.91 Å². The summed E-state index contributed by atoms with van der Waals surface area (Å²) in [5.41, 5.74) is 1.12. The van der Waals surface area contributed by atoms with Crippen LogP contribution in [0.3, 0.4) is 0 Å². The minimum atomic E-state index is -0.589. The zero-order valence-electron chi connectivity index (χ0n) is 15.1. The molecule has 27 heavy (non-hydrogen) atoms. The molecule has 1 N–H and O–H groups in total. The van der Waals surface area contributed by atoms with Crippen molar-refractivity contribution in [3.8, 4) is 5.75 Å². The van der Waals surface area contributed by atoms with Crippen molar-refractivity contribution in [1.29, 1.82) is 0 Å². The molecular formula is C20H22F2N2O3. The molecule has 1 fully saturated rings. The third-order valence-electron chi connectivity index (χ3n) is 4.61. The third kappa shape index (κ3) is 4.81. The van der Waals surface area contributed by atoms with Crippen molar-refractivity contribution in [2.75, 3.05) is 40.0 Å². The Kier molecular flexibility index (Phi) is 6.36. The van der Waals surface area contributed by atoms with E-state index in [-0.39, 0.29) is 29.1 Å². The van der Waals surface area contributed by atoms with Gasteiger partial charge in [0.2, 0.25) is 0 Å². The fourth-order valence-corrected chi connectivity index (χ4v) is 3.13. The number of ether oxygens (including phenoxy) is 2. The monoisotopic (exact) mass is 376 g/mol. The minimum Gasteiger partial charge on any atom is -0.494 e. The van der Waals surface area contributed by atoms with Gasteiger partial charge in [-0.3, -0.25) is 9.69 Å². The second-order valence-electron chi connectivity index (χ2n) is 6.28. The van der Waals surface area contributed by atoms with Crippen molar-refractivity contribution >= 4 is 5.91 Å². The highest BCUT2D eigenvalue weighted by atomic mass is 19.1. The molecule has 1 saturated heterocycles. The van der Waals surface area contributed by atoms with Gasteiger partial charge in [0, 0.05) is 25.2 Å². The molecule has 0 saturated carbocycles. The molecule has 1 aliphatic rings. The molecular weight excluding hydrogens is 354 g/mol. The fraction of sp³-hybridized carbons (Fsp3) is 0.350. The van der Waals surface area contributed by atoms with Crippen molar-refractivity contribution in [2.45, 2.75) is 6.04 Å². The number of rotatable bonds is 6. The normalized spacial score (nSPS) is 16.0. The number of amides is 1. The Morgan fingerprint density at radius 3 is 2.52 bits per heavy atom. The van der Waals surface area contributed by atoms with Gasteiger partial charge in [-0.15, -0.1) is 0 Å². The maximum atomic E-state index is 13.8. The van der Waals surface area contributed by atoms with Gasteiger partial charge in [-0.2, -0.15) is 0 Å². The Labute approximate surface area is 156 Å². The largest absolute Gasteiger partial charge is 0.494 e. The standard InChI is InChI=1S/C20H22F2N2O3/c1-26-19-7-4-15(12-17(19)22)20(25)23-13-18(24-8-10-27-11-9-24)14-2-5-16(21)6-3-14/h2-7,12,18H,8-11,13H2,1H3,(H,23,25). The van der Waals surface area contributed by atoms with E-state index in [0.29, 0.717) is 19.8 Å². The lowest BCUT2D eigenvalue weighted by atomic mass is 10.0. The molecule has 0 bridgehead atoms. The SMILES string of the molecule is COc1ccc(C(=O)NCC(c2ccc(F)cc2)N2CCOCC2)cc1F. The molecule has 3 rings (SSSR count). The van der Waals surface area contributed by atoms with Crippen molar-refractivity contribution in [3.05, 3.63) is 65.2 Å². The number of carbonyl (C=O) groups excluding carboxylic acids is 1. The lowest BCUT2D eigenvalue weighted by Gasteiger charge is -2.35. The first kappa shape index (κ1) is 19.3. The number of hydrogen-bond acceptors (Lipinski definition) is 4. The molecule has 2 aromatic rings. The highest BCUT2D eigenvalue weighted by Gasteiger charge is 2.23. The zero-order chi connectivity index (χ0) is 19.2. The van der Waals surface area contributed by atoms with E-state index >= 15 is 0 Å². The quantitative estimate of drug-likeness (QED) is 0.842. The van der Waals surface area contributed by atoms with E-state index in [1.54, 1.807) is 12.1 Å². The molecule has 0 aliphatic carbocycles. The van der Waals surface area contributed by atoms with Crippen LogP contribution in [0.15, 0.2) is 42.5 Å². The number of hydrogen-bond donors (Lipinski definition) is 1. The summed E-state index contributed by atoms with van der Waals surface area (Å²) in [6.45, 7) is 2.97. The van der Waals surface area contributed by atoms with Crippen LogP contribution >= 0.6 is 0 Å². The van der Waals surface area contributed by atoms with Crippen LogP contribution in [-0.2, 0) is 4.74 Å². The number of halogens is 2. The lowest BCUT2D eigenvalue weighted by Crippen LogP contribution is -2.43. The van der Waals surface area contributed by atoms with E-state index in [0.717, 1.165) is 24.7 Å². The summed E-state index contributed by atoms with van der Waals surface area (Å²) >= 11 is 0. The minimum absolute atomic E-state index is 0.0871. The average molecular weight is 376 g/mol. The Morgan fingerprint density at radius 1 is 1.19 bits per heavy atom. The molecule has 1 aliphatic heterocycles. The van der Waals surface area contributed by atoms with Crippen molar-refractivity contribution in [3.63, 3.8) is 0 Å². The van der Waals surface area contributed by atoms with Gasteiger partial charge in [-0.1, -0.05) is 12.1 Å². The molecule has 144 valence electrons. The van der Waals surface area contributed by atoms with Gasteiger partial charge in [-0.25, -0.2) is 8.78 Å². The van der Waals surface area contributed by atoms with Crippen molar-refractivity contribution < 1.29 is 23.0 Å². The van der Waals surface area contributed by atoms with Gasteiger partial charge in [0.1, 0.15) is 5.82 Å². The van der Waals surface area contributed by atoms with E-state index in [9.17, 15) is 13.6 Å². The molecule has 7 heteroatoms. The summed E-state index contributed by atoms with van der Waals surface area (Å²) in [6, 6.07) is 10.2. The topological polar surface area (TPSA) is 50.8 Å². The van der Waals surface area contributed by atoms with Crippen LogP contribution in [0.2, 0.25) is 0 Å². The fourth-order valence-electron chi connectivity index (χ4n) is 3.13. The molecule has 0 aromatic heterocycles. The maximum Gasteiger partial charge on any atom is 0.251 e. The van der Waals surface area contributed by atoms with Gasteiger partial charge in [0.05, 0.1) is 26.4 Å². The Hall–Kier alpha value is -2.51. The summed E-state index contributed by atoms with van der Waals surface area (Å²) in [7, 11) is 1.37. The number of nitrogens with zero attached hydrogens (tertiary/aromatic N) is 1. The van der Waals surface area contributed by atoms with Crippen LogP contribution in [0.5, 0.6) is 5.75 Å². The molecule has 0 radical (unpaired) electrons. The molecule has 1 atom stereocenters. The van der Waals surface area contributed by atoms with Crippen LogP contribution in [0.4, 0.5) is 8.78 Å². The summed E-state index contributed by atoms with van der Waals surface area (Å²) in [6.07, 6.45) is 0. The predicted molar refractivity (Wildman–Crippen MR) is 96.8 cm³/mol. The summed E-state index contributed by atoms with van der Waals surface area (Å²) in [5.74, 6) is -1.19. The average Bonchev–Trinajstić information content (AvgIpc) is 2.70. The number of methoxy groups -OCH3 is 1. The molecule has 0 spiro atoms. The van der Waals surface area contributed by atoms with E-state index < -0.39 is 5.82 Å². The van der Waals surface area contributed by atoms with Gasteiger partial charge in [0.15, 0.2) is 11.6 Å². The molecule has 1 amide bonds. The van der Waals surface area contributed by atoms with Gasteiger partial charge >= 0.3 is 0 Å². The second-order valence-corrected chi connectivity index (χ2v) is 6.28. The highest BCUT2D eigenvalue weighted by molar-refractivity contribution is 5.94. The Bertz CT molecular complexity index is 777. The van der Waals surface area contributed by atoms with Gasteiger partial charge in [-0.05, 0) is 35.9 Å². The van der Waals surface area contributed by atoms with Crippen LogP contribution < -0.4 is 10.1 Å². The van der Waals surface area contributed by atoms with E-state index in [4.69, 9.17) is 9.47 Å². The molecule has 1 heterocycles. The van der Waals surface area contributed by atoms with Crippen LogP contribution in [0, 0.1) is 11.6 Å². The number of nitrogens with one attached hydrogen (secondary N) is 1. The van der Waals surface area contributed by atoms with Crippen LogP contribution in [-0.4, -0.2) is 50.8 Å². The maximum absolute atomic E-state index is 13.8. The first-order valence-corrected chi connectivity index (χ1v) is 8.77. The van der Waals surface area contributed by atoms with Crippen molar-refractivity contribution in [1.82, 2.24) is 10.2 Å². The molecule has 2 aromatic carbocycles.